The SMILES string of the molecule is O=C(c1cnns1)N1CCC[C@H](c2nc(-c3ccccc3)n[nH]2)C1. The van der Waals surface area contributed by atoms with Crippen LogP contribution in [0.3, 0.4) is 0 Å². The molecule has 2 aromatic heterocycles. The molecule has 0 saturated carbocycles. The highest BCUT2D eigenvalue weighted by atomic mass is 32.1. The number of carbonyl (C=O) groups is 1. The first-order chi connectivity index (χ1) is 11.8. The van der Waals surface area contributed by atoms with Crippen LogP contribution in [0.25, 0.3) is 11.4 Å². The average molecular weight is 340 g/mol. The number of piperidine rings is 1. The molecule has 0 bridgehead atoms. The van der Waals surface area contributed by atoms with Gasteiger partial charge < -0.3 is 4.90 Å². The van der Waals surface area contributed by atoms with Crippen molar-refractivity contribution < 1.29 is 4.79 Å². The summed E-state index contributed by atoms with van der Waals surface area (Å²) in [5, 5.41) is 11.1. The summed E-state index contributed by atoms with van der Waals surface area (Å²) in [5.74, 6) is 1.71. The Kier molecular flexibility index (Phi) is 4.04. The van der Waals surface area contributed by atoms with E-state index in [2.05, 4.69) is 24.8 Å². The van der Waals surface area contributed by atoms with E-state index in [1.807, 2.05) is 35.2 Å². The monoisotopic (exact) mass is 340 g/mol. The fourth-order valence-corrected chi connectivity index (χ4v) is 3.46. The second-order valence-corrected chi connectivity index (χ2v) is 6.57. The van der Waals surface area contributed by atoms with E-state index in [9.17, 15) is 4.79 Å². The molecule has 3 heterocycles. The Morgan fingerprint density at radius 3 is 2.96 bits per heavy atom. The highest BCUT2D eigenvalue weighted by Gasteiger charge is 2.28. The molecule has 4 rings (SSSR count). The molecule has 3 aromatic rings. The van der Waals surface area contributed by atoms with Gasteiger partial charge in [0.25, 0.3) is 5.91 Å². The van der Waals surface area contributed by atoms with E-state index in [1.165, 1.54) is 6.20 Å². The number of likely N-dealkylation sites (tertiary alicyclic amines) is 1. The third kappa shape index (κ3) is 2.92. The minimum atomic E-state index is -0.00232. The molecule has 0 aliphatic carbocycles. The Labute approximate surface area is 142 Å². The maximum atomic E-state index is 12.5. The summed E-state index contributed by atoms with van der Waals surface area (Å²) in [6.07, 6.45) is 3.47. The van der Waals surface area contributed by atoms with Crippen LogP contribution in [0.2, 0.25) is 0 Å². The molecule has 1 aromatic carbocycles. The molecule has 7 nitrogen and oxygen atoms in total. The van der Waals surface area contributed by atoms with Crippen molar-refractivity contribution in [2.45, 2.75) is 18.8 Å². The Morgan fingerprint density at radius 1 is 1.29 bits per heavy atom. The largest absolute Gasteiger partial charge is 0.337 e. The average Bonchev–Trinajstić information content (AvgIpc) is 3.34. The summed E-state index contributed by atoms with van der Waals surface area (Å²) in [6, 6.07) is 9.88. The molecule has 1 atom stereocenters. The minimum absolute atomic E-state index is 0.00232. The van der Waals surface area contributed by atoms with Gasteiger partial charge in [0.2, 0.25) is 0 Å². The molecular weight excluding hydrogens is 324 g/mol. The lowest BCUT2D eigenvalue weighted by molar-refractivity contribution is 0.0709. The zero-order valence-corrected chi connectivity index (χ0v) is 13.7. The first-order valence-corrected chi connectivity index (χ1v) is 8.63. The quantitative estimate of drug-likeness (QED) is 0.791. The fourth-order valence-electron chi connectivity index (χ4n) is 2.98. The van der Waals surface area contributed by atoms with E-state index in [4.69, 9.17) is 0 Å². The van der Waals surface area contributed by atoms with Gasteiger partial charge in [-0.15, -0.1) is 5.10 Å². The maximum Gasteiger partial charge on any atom is 0.267 e. The van der Waals surface area contributed by atoms with Crippen molar-refractivity contribution >= 4 is 17.4 Å². The van der Waals surface area contributed by atoms with Gasteiger partial charge in [-0.1, -0.05) is 34.8 Å². The molecule has 8 heteroatoms. The molecule has 0 radical (unpaired) electrons. The maximum absolute atomic E-state index is 12.5. The third-order valence-electron chi connectivity index (χ3n) is 4.20. The minimum Gasteiger partial charge on any atom is -0.337 e. The van der Waals surface area contributed by atoms with Crippen LogP contribution in [-0.2, 0) is 0 Å². The van der Waals surface area contributed by atoms with E-state index in [1.54, 1.807) is 0 Å². The van der Waals surface area contributed by atoms with Crippen LogP contribution in [0.5, 0.6) is 0 Å². The van der Waals surface area contributed by atoms with Crippen LogP contribution in [0.1, 0.15) is 34.3 Å². The summed E-state index contributed by atoms with van der Waals surface area (Å²) in [5.41, 5.74) is 0.986. The summed E-state index contributed by atoms with van der Waals surface area (Å²) in [6.45, 7) is 1.40. The Hall–Kier alpha value is -2.61. The number of carbonyl (C=O) groups excluding carboxylic acids is 1. The third-order valence-corrected chi connectivity index (χ3v) is 4.85. The van der Waals surface area contributed by atoms with Gasteiger partial charge in [-0.05, 0) is 24.4 Å². The number of benzene rings is 1. The molecule has 1 aliphatic rings. The van der Waals surface area contributed by atoms with Gasteiger partial charge in [0.1, 0.15) is 10.7 Å². The lowest BCUT2D eigenvalue weighted by Crippen LogP contribution is -2.39. The second-order valence-electron chi connectivity index (χ2n) is 5.78. The highest BCUT2D eigenvalue weighted by molar-refractivity contribution is 7.07. The molecule has 1 N–H and O–H groups in total. The predicted octanol–water partition coefficient (Wildman–Crippen LogP) is 2.34. The van der Waals surface area contributed by atoms with Crippen LogP contribution in [0.4, 0.5) is 0 Å². The standard InChI is InChI=1S/C16H16N6OS/c23-16(13-9-17-21-24-13)22-8-4-7-12(10-22)15-18-14(19-20-15)11-5-2-1-3-6-11/h1-3,5-6,9,12H,4,7-8,10H2,(H,18,19,20)/t12-/m0/s1. The number of H-pyrrole nitrogens is 1. The van der Waals surface area contributed by atoms with Crippen molar-refractivity contribution in [3.05, 3.63) is 47.2 Å². The molecule has 0 spiro atoms. The smallest absolute Gasteiger partial charge is 0.267 e. The Morgan fingerprint density at radius 2 is 2.17 bits per heavy atom. The molecule has 1 fully saturated rings. The van der Waals surface area contributed by atoms with Crippen molar-refractivity contribution in [2.75, 3.05) is 13.1 Å². The molecule has 122 valence electrons. The number of hydrogen-bond acceptors (Lipinski definition) is 6. The van der Waals surface area contributed by atoms with Gasteiger partial charge in [0.15, 0.2) is 5.82 Å². The number of aromatic amines is 1. The number of hydrogen-bond donors (Lipinski definition) is 1. The zero-order chi connectivity index (χ0) is 16.4. The second kappa shape index (κ2) is 6.48. The Bertz CT molecular complexity index is 816. The normalized spacial score (nSPS) is 17.8. The van der Waals surface area contributed by atoms with Gasteiger partial charge in [0, 0.05) is 24.6 Å². The van der Waals surface area contributed by atoms with Gasteiger partial charge in [-0.25, -0.2) is 4.98 Å². The van der Waals surface area contributed by atoms with Crippen molar-refractivity contribution in [3.63, 3.8) is 0 Å². The van der Waals surface area contributed by atoms with Crippen LogP contribution in [-0.4, -0.2) is 48.7 Å². The summed E-state index contributed by atoms with van der Waals surface area (Å²) < 4.78 is 3.77. The van der Waals surface area contributed by atoms with E-state index in [0.29, 0.717) is 17.2 Å². The predicted molar refractivity (Wildman–Crippen MR) is 89.6 cm³/mol. The van der Waals surface area contributed by atoms with Gasteiger partial charge >= 0.3 is 0 Å². The lowest BCUT2D eigenvalue weighted by atomic mass is 9.97. The molecule has 1 saturated heterocycles. The van der Waals surface area contributed by atoms with Gasteiger partial charge in [0.05, 0.1) is 6.20 Å². The number of amides is 1. The molecule has 0 unspecified atom stereocenters. The van der Waals surface area contributed by atoms with Crippen LogP contribution in [0.15, 0.2) is 36.5 Å². The molecule has 1 amide bonds. The van der Waals surface area contributed by atoms with Crippen LogP contribution in [0, 0.1) is 0 Å². The number of rotatable bonds is 3. The summed E-state index contributed by atoms with van der Waals surface area (Å²) >= 11 is 1.14. The summed E-state index contributed by atoms with van der Waals surface area (Å²) in [7, 11) is 0. The number of nitrogens with one attached hydrogen (secondary N) is 1. The van der Waals surface area contributed by atoms with E-state index >= 15 is 0 Å². The van der Waals surface area contributed by atoms with Gasteiger partial charge in [-0.3, -0.25) is 9.89 Å². The van der Waals surface area contributed by atoms with Gasteiger partial charge in [-0.2, -0.15) is 5.10 Å². The van der Waals surface area contributed by atoms with E-state index in [0.717, 1.165) is 42.3 Å². The van der Waals surface area contributed by atoms with E-state index < -0.39 is 0 Å². The number of aromatic nitrogens is 5. The van der Waals surface area contributed by atoms with Crippen LogP contribution >= 0.6 is 11.5 Å². The highest BCUT2D eigenvalue weighted by Crippen LogP contribution is 2.27. The molecule has 24 heavy (non-hydrogen) atoms. The van der Waals surface area contributed by atoms with Crippen molar-refractivity contribution in [3.8, 4) is 11.4 Å². The fraction of sp³-hybridized carbons (Fsp3) is 0.312. The number of nitrogens with zero attached hydrogens (tertiary/aromatic N) is 5. The molecular formula is C16H16N6OS. The van der Waals surface area contributed by atoms with Crippen LogP contribution < -0.4 is 0 Å². The summed E-state index contributed by atoms with van der Waals surface area (Å²) in [4.78, 5) is 19.5. The lowest BCUT2D eigenvalue weighted by Gasteiger charge is -2.31. The Balaban J connectivity index is 1.50. The first-order valence-electron chi connectivity index (χ1n) is 7.85. The first kappa shape index (κ1) is 14.9. The van der Waals surface area contributed by atoms with Crippen molar-refractivity contribution in [2.24, 2.45) is 0 Å². The van der Waals surface area contributed by atoms with Crippen molar-refractivity contribution in [1.29, 1.82) is 0 Å². The topological polar surface area (TPSA) is 87.7 Å². The molecule has 1 aliphatic heterocycles. The van der Waals surface area contributed by atoms with Crippen molar-refractivity contribution in [1.82, 2.24) is 29.7 Å². The van der Waals surface area contributed by atoms with E-state index in [-0.39, 0.29) is 11.8 Å². The zero-order valence-electron chi connectivity index (χ0n) is 12.9.